The fourth-order valence-electron chi connectivity index (χ4n) is 1.14. The molecule has 0 aliphatic heterocycles. The summed E-state index contributed by atoms with van der Waals surface area (Å²) >= 11 is 3.21. The number of anilines is 1. The van der Waals surface area contributed by atoms with Crippen molar-refractivity contribution in [3.05, 3.63) is 5.69 Å². The van der Waals surface area contributed by atoms with Crippen LogP contribution in [-0.4, -0.2) is 17.1 Å². The van der Waals surface area contributed by atoms with E-state index in [0.717, 1.165) is 23.7 Å². The molecule has 0 unspecified atom stereocenters. The summed E-state index contributed by atoms with van der Waals surface area (Å²) in [6.07, 6.45) is 4.58. The number of nitrogens with one attached hydrogen (secondary N) is 1. The molecule has 1 aromatic heterocycles. The standard InChI is InChI=1S/C10H16N2OS2/c1-4-5-6-8(13)12-10-11-7(2)9(14-3)15-10/h4-6H2,1-3H3,(H,11,12,13). The number of nitrogens with zero attached hydrogens (tertiary/aromatic N) is 1. The maximum atomic E-state index is 11.4. The van der Waals surface area contributed by atoms with E-state index < -0.39 is 0 Å². The highest BCUT2D eigenvalue weighted by atomic mass is 32.2. The summed E-state index contributed by atoms with van der Waals surface area (Å²) in [7, 11) is 0. The average Bonchev–Trinajstić information content (AvgIpc) is 2.55. The zero-order valence-corrected chi connectivity index (χ0v) is 10.9. The molecular weight excluding hydrogens is 228 g/mol. The first kappa shape index (κ1) is 12.5. The Labute approximate surface area is 98.7 Å². The summed E-state index contributed by atoms with van der Waals surface area (Å²) in [5.74, 6) is 0.0678. The van der Waals surface area contributed by atoms with Crippen LogP contribution >= 0.6 is 23.1 Å². The Kier molecular flexibility index (Phi) is 5.11. The van der Waals surface area contributed by atoms with Crippen molar-refractivity contribution < 1.29 is 4.79 Å². The summed E-state index contributed by atoms with van der Waals surface area (Å²) in [4.78, 5) is 15.7. The topological polar surface area (TPSA) is 42.0 Å². The van der Waals surface area contributed by atoms with Gasteiger partial charge in [0.15, 0.2) is 5.13 Å². The molecule has 84 valence electrons. The predicted molar refractivity (Wildman–Crippen MR) is 66.8 cm³/mol. The van der Waals surface area contributed by atoms with Crippen molar-refractivity contribution >= 4 is 34.1 Å². The number of carbonyl (C=O) groups is 1. The van der Waals surface area contributed by atoms with Gasteiger partial charge in [-0.2, -0.15) is 0 Å². The SMILES string of the molecule is CCCCC(=O)Nc1nc(C)c(SC)s1. The van der Waals surface area contributed by atoms with Crippen LogP contribution in [0.5, 0.6) is 0 Å². The summed E-state index contributed by atoms with van der Waals surface area (Å²) < 4.78 is 1.17. The summed E-state index contributed by atoms with van der Waals surface area (Å²) in [5.41, 5.74) is 0.998. The van der Waals surface area contributed by atoms with Crippen LogP contribution in [0.25, 0.3) is 0 Å². The molecule has 0 aromatic carbocycles. The van der Waals surface area contributed by atoms with E-state index in [4.69, 9.17) is 0 Å². The normalized spacial score (nSPS) is 10.3. The van der Waals surface area contributed by atoms with E-state index in [1.807, 2.05) is 13.2 Å². The van der Waals surface area contributed by atoms with Gasteiger partial charge in [-0.05, 0) is 19.6 Å². The minimum atomic E-state index is 0.0678. The average molecular weight is 244 g/mol. The van der Waals surface area contributed by atoms with Gasteiger partial charge in [0.2, 0.25) is 5.91 Å². The number of amides is 1. The van der Waals surface area contributed by atoms with Crippen LogP contribution in [0.15, 0.2) is 4.21 Å². The maximum absolute atomic E-state index is 11.4. The lowest BCUT2D eigenvalue weighted by Gasteiger charge is -1.99. The number of unbranched alkanes of at least 4 members (excludes halogenated alkanes) is 1. The first-order chi connectivity index (χ1) is 7.17. The Morgan fingerprint density at radius 2 is 2.33 bits per heavy atom. The molecule has 0 saturated heterocycles. The fraction of sp³-hybridized carbons (Fsp3) is 0.600. The van der Waals surface area contributed by atoms with Gasteiger partial charge < -0.3 is 5.32 Å². The molecule has 1 amide bonds. The largest absolute Gasteiger partial charge is 0.302 e. The number of hydrogen-bond acceptors (Lipinski definition) is 4. The van der Waals surface area contributed by atoms with Gasteiger partial charge in [0.05, 0.1) is 9.90 Å². The maximum Gasteiger partial charge on any atom is 0.226 e. The van der Waals surface area contributed by atoms with Crippen LogP contribution in [0.1, 0.15) is 31.9 Å². The quantitative estimate of drug-likeness (QED) is 0.808. The van der Waals surface area contributed by atoms with Gasteiger partial charge in [-0.25, -0.2) is 4.98 Å². The van der Waals surface area contributed by atoms with Crippen LogP contribution in [-0.2, 0) is 4.79 Å². The van der Waals surface area contributed by atoms with Crippen LogP contribution in [0.3, 0.4) is 0 Å². The molecule has 0 bridgehead atoms. The number of hydrogen-bond donors (Lipinski definition) is 1. The second kappa shape index (κ2) is 6.12. The molecule has 1 heterocycles. The predicted octanol–water partition coefficient (Wildman–Crippen LogP) is 3.30. The number of aromatic nitrogens is 1. The molecule has 0 aliphatic rings. The highest BCUT2D eigenvalue weighted by Gasteiger charge is 2.08. The van der Waals surface area contributed by atoms with Crippen molar-refractivity contribution in [2.75, 3.05) is 11.6 Å². The van der Waals surface area contributed by atoms with E-state index in [1.165, 1.54) is 4.21 Å². The summed E-state index contributed by atoms with van der Waals surface area (Å²) in [5, 5.41) is 3.55. The van der Waals surface area contributed by atoms with Gasteiger partial charge in [0.25, 0.3) is 0 Å². The highest BCUT2D eigenvalue weighted by Crippen LogP contribution is 2.30. The molecule has 0 spiro atoms. The Hall–Kier alpha value is -0.550. The van der Waals surface area contributed by atoms with Gasteiger partial charge in [0.1, 0.15) is 0 Å². The smallest absolute Gasteiger partial charge is 0.226 e. The van der Waals surface area contributed by atoms with Gasteiger partial charge in [-0.15, -0.1) is 11.8 Å². The number of carbonyl (C=O) groups excluding carboxylic acids is 1. The lowest BCUT2D eigenvalue weighted by Crippen LogP contribution is -2.10. The number of thioether (sulfide) groups is 1. The second-order valence-electron chi connectivity index (χ2n) is 3.25. The Morgan fingerprint density at radius 1 is 1.60 bits per heavy atom. The first-order valence-electron chi connectivity index (χ1n) is 4.98. The number of aryl methyl sites for hydroxylation is 1. The molecule has 5 heteroatoms. The lowest BCUT2D eigenvalue weighted by molar-refractivity contribution is -0.116. The van der Waals surface area contributed by atoms with Crippen LogP contribution in [0.4, 0.5) is 5.13 Å². The highest BCUT2D eigenvalue weighted by molar-refractivity contribution is 8.00. The molecule has 1 rings (SSSR count). The van der Waals surface area contributed by atoms with Crippen molar-refractivity contribution in [1.82, 2.24) is 4.98 Å². The molecule has 0 radical (unpaired) electrons. The van der Waals surface area contributed by atoms with Crippen molar-refractivity contribution in [2.24, 2.45) is 0 Å². The van der Waals surface area contributed by atoms with Crippen LogP contribution in [0.2, 0.25) is 0 Å². The molecule has 0 atom stereocenters. The summed E-state index contributed by atoms with van der Waals surface area (Å²) in [6.45, 7) is 4.04. The van der Waals surface area contributed by atoms with E-state index >= 15 is 0 Å². The van der Waals surface area contributed by atoms with E-state index in [0.29, 0.717) is 6.42 Å². The zero-order chi connectivity index (χ0) is 11.3. The van der Waals surface area contributed by atoms with Crippen molar-refractivity contribution in [2.45, 2.75) is 37.3 Å². The van der Waals surface area contributed by atoms with E-state index in [9.17, 15) is 4.79 Å². The lowest BCUT2D eigenvalue weighted by atomic mass is 10.2. The molecule has 1 aromatic rings. The van der Waals surface area contributed by atoms with E-state index in [2.05, 4.69) is 17.2 Å². The number of rotatable bonds is 5. The van der Waals surface area contributed by atoms with Crippen LogP contribution in [0, 0.1) is 6.92 Å². The Bertz CT molecular complexity index is 336. The zero-order valence-electron chi connectivity index (χ0n) is 9.29. The second-order valence-corrected chi connectivity index (χ2v) is 5.32. The van der Waals surface area contributed by atoms with Gasteiger partial charge in [-0.3, -0.25) is 4.79 Å². The monoisotopic (exact) mass is 244 g/mol. The molecule has 1 N–H and O–H groups in total. The molecule has 0 saturated carbocycles. The third kappa shape index (κ3) is 3.83. The van der Waals surface area contributed by atoms with Crippen molar-refractivity contribution in [3.8, 4) is 0 Å². The minimum absolute atomic E-state index is 0.0678. The van der Waals surface area contributed by atoms with Gasteiger partial charge in [0, 0.05) is 6.42 Å². The van der Waals surface area contributed by atoms with Crippen LogP contribution < -0.4 is 5.32 Å². The molecule has 15 heavy (non-hydrogen) atoms. The van der Waals surface area contributed by atoms with Crippen molar-refractivity contribution in [3.63, 3.8) is 0 Å². The Morgan fingerprint density at radius 3 is 2.87 bits per heavy atom. The third-order valence-electron chi connectivity index (χ3n) is 1.94. The minimum Gasteiger partial charge on any atom is -0.302 e. The van der Waals surface area contributed by atoms with E-state index in [-0.39, 0.29) is 5.91 Å². The third-order valence-corrected chi connectivity index (χ3v) is 4.23. The molecule has 0 fully saturated rings. The van der Waals surface area contributed by atoms with Gasteiger partial charge >= 0.3 is 0 Å². The van der Waals surface area contributed by atoms with Gasteiger partial charge in [-0.1, -0.05) is 24.7 Å². The number of thiazole rings is 1. The van der Waals surface area contributed by atoms with E-state index in [1.54, 1.807) is 23.1 Å². The van der Waals surface area contributed by atoms with Crippen molar-refractivity contribution in [1.29, 1.82) is 0 Å². The molecule has 0 aliphatic carbocycles. The fourth-order valence-corrected chi connectivity index (χ4v) is 2.77. The Balaban J connectivity index is 2.53. The molecule has 3 nitrogen and oxygen atoms in total. The summed E-state index contributed by atoms with van der Waals surface area (Å²) in [6, 6.07) is 0. The first-order valence-corrected chi connectivity index (χ1v) is 7.02. The molecular formula is C10H16N2OS2.